The molecule has 0 aliphatic carbocycles. The molecule has 0 bridgehead atoms. The molecule has 2 heteroatoms. The van der Waals surface area contributed by atoms with Crippen LogP contribution in [-0.4, -0.2) is 25.1 Å². The van der Waals surface area contributed by atoms with Gasteiger partial charge >= 0.3 is 0 Å². The molecule has 19 heavy (non-hydrogen) atoms. The Morgan fingerprint density at radius 1 is 1.11 bits per heavy atom. The predicted octanol–water partition coefficient (Wildman–Crippen LogP) is 3.79. The molecular weight excluding hydrogens is 234 g/mol. The van der Waals surface area contributed by atoms with E-state index < -0.39 is 0 Å². The Labute approximate surface area is 117 Å². The number of piperidine rings is 1. The first kappa shape index (κ1) is 14.4. The fraction of sp³-hybridized carbons (Fsp3) is 0.647. The molecule has 0 amide bonds. The maximum atomic E-state index is 5.39. The van der Waals surface area contributed by atoms with Crippen molar-refractivity contribution >= 4 is 0 Å². The summed E-state index contributed by atoms with van der Waals surface area (Å²) in [6.45, 7) is 12.6. The smallest absolute Gasteiger partial charge is 0.122 e. The minimum absolute atomic E-state index is 0.823. The van der Waals surface area contributed by atoms with Gasteiger partial charge in [0.1, 0.15) is 5.75 Å². The summed E-state index contributed by atoms with van der Waals surface area (Å²) >= 11 is 0. The van der Waals surface area contributed by atoms with Crippen molar-refractivity contribution in [2.45, 2.75) is 40.7 Å². The van der Waals surface area contributed by atoms with Gasteiger partial charge in [-0.15, -0.1) is 0 Å². The van der Waals surface area contributed by atoms with Crippen LogP contribution in [0.2, 0.25) is 0 Å². The van der Waals surface area contributed by atoms with E-state index in [9.17, 15) is 0 Å². The van der Waals surface area contributed by atoms with E-state index in [-0.39, 0.29) is 0 Å². The SMILES string of the molecule is COc1ccc(CN2C[C@@H](C)C[C@H](C)C2)c(C)c1C. The summed E-state index contributed by atoms with van der Waals surface area (Å²) < 4.78 is 5.39. The molecule has 2 nitrogen and oxygen atoms in total. The van der Waals surface area contributed by atoms with Gasteiger partial charge in [0.05, 0.1) is 7.11 Å². The standard InChI is InChI=1S/C17H27NO/c1-12-8-13(2)10-18(9-12)11-16-6-7-17(19-5)15(4)14(16)3/h6-7,12-13H,8-11H2,1-5H3/t12-,13-/m0/s1. The topological polar surface area (TPSA) is 12.5 Å². The van der Waals surface area contributed by atoms with Gasteiger partial charge in [0.25, 0.3) is 0 Å². The lowest BCUT2D eigenvalue weighted by molar-refractivity contribution is 0.134. The molecule has 0 N–H and O–H groups in total. The number of benzene rings is 1. The average molecular weight is 261 g/mol. The molecule has 1 aliphatic heterocycles. The molecule has 0 radical (unpaired) electrons. The van der Waals surface area contributed by atoms with Gasteiger partial charge in [-0.05, 0) is 54.9 Å². The first-order chi connectivity index (χ1) is 9.01. The maximum Gasteiger partial charge on any atom is 0.122 e. The minimum Gasteiger partial charge on any atom is -0.496 e. The number of methoxy groups -OCH3 is 1. The molecule has 1 heterocycles. The summed E-state index contributed by atoms with van der Waals surface area (Å²) in [5.41, 5.74) is 4.10. The molecule has 106 valence electrons. The van der Waals surface area contributed by atoms with Crippen molar-refractivity contribution in [2.75, 3.05) is 20.2 Å². The highest BCUT2D eigenvalue weighted by Crippen LogP contribution is 2.27. The molecule has 0 spiro atoms. The van der Waals surface area contributed by atoms with Gasteiger partial charge in [-0.2, -0.15) is 0 Å². The van der Waals surface area contributed by atoms with Gasteiger partial charge in [-0.3, -0.25) is 4.90 Å². The van der Waals surface area contributed by atoms with E-state index in [1.807, 2.05) is 0 Å². The van der Waals surface area contributed by atoms with Crippen molar-refractivity contribution in [3.05, 3.63) is 28.8 Å². The Bertz CT molecular complexity index is 431. The third-order valence-electron chi connectivity index (χ3n) is 4.41. The Balaban J connectivity index is 2.13. The second kappa shape index (κ2) is 5.96. The van der Waals surface area contributed by atoms with Crippen LogP contribution in [0, 0.1) is 25.7 Å². The minimum atomic E-state index is 0.823. The van der Waals surface area contributed by atoms with Crippen molar-refractivity contribution in [1.82, 2.24) is 4.90 Å². The second-order valence-electron chi connectivity index (χ2n) is 6.32. The summed E-state index contributed by atoms with van der Waals surface area (Å²) in [5, 5.41) is 0. The molecule has 1 aromatic carbocycles. The number of nitrogens with zero attached hydrogens (tertiary/aromatic N) is 1. The molecular formula is C17H27NO. The van der Waals surface area contributed by atoms with Crippen molar-refractivity contribution < 1.29 is 4.74 Å². The largest absolute Gasteiger partial charge is 0.496 e. The van der Waals surface area contributed by atoms with Gasteiger partial charge in [0.15, 0.2) is 0 Å². The van der Waals surface area contributed by atoms with E-state index in [0.29, 0.717) is 0 Å². The Morgan fingerprint density at radius 2 is 1.74 bits per heavy atom. The average Bonchev–Trinajstić information content (AvgIpc) is 2.34. The Kier molecular flexibility index (Phi) is 4.51. The number of ether oxygens (including phenoxy) is 1. The summed E-state index contributed by atoms with van der Waals surface area (Å²) in [5.74, 6) is 2.65. The van der Waals surface area contributed by atoms with Gasteiger partial charge in [-0.25, -0.2) is 0 Å². The molecule has 2 atom stereocenters. The zero-order valence-electron chi connectivity index (χ0n) is 13.0. The van der Waals surface area contributed by atoms with Crippen LogP contribution in [-0.2, 0) is 6.54 Å². The summed E-state index contributed by atoms with van der Waals surface area (Å²) in [4.78, 5) is 2.60. The first-order valence-electron chi connectivity index (χ1n) is 7.36. The molecule has 1 saturated heterocycles. The quantitative estimate of drug-likeness (QED) is 0.821. The van der Waals surface area contributed by atoms with Crippen LogP contribution in [0.3, 0.4) is 0 Å². The van der Waals surface area contributed by atoms with E-state index in [2.05, 4.69) is 44.7 Å². The van der Waals surface area contributed by atoms with Crippen molar-refractivity contribution in [3.63, 3.8) is 0 Å². The summed E-state index contributed by atoms with van der Waals surface area (Å²) in [6, 6.07) is 4.33. The van der Waals surface area contributed by atoms with Crippen LogP contribution in [0.25, 0.3) is 0 Å². The van der Waals surface area contributed by atoms with E-state index in [1.54, 1.807) is 7.11 Å². The van der Waals surface area contributed by atoms with Crippen molar-refractivity contribution in [2.24, 2.45) is 11.8 Å². The van der Waals surface area contributed by atoms with Crippen LogP contribution < -0.4 is 4.74 Å². The zero-order chi connectivity index (χ0) is 14.0. The number of hydrogen-bond donors (Lipinski definition) is 0. The van der Waals surface area contributed by atoms with Crippen LogP contribution in [0.4, 0.5) is 0 Å². The van der Waals surface area contributed by atoms with Crippen molar-refractivity contribution in [1.29, 1.82) is 0 Å². The lowest BCUT2D eigenvalue weighted by Crippen LogP contribution is -2.38. The van der Waals surface area contributed by atoms with Crippen molar-refractivity contribution in [3.8, 4) is 5.75 Å². The third-order valence-corrected chi connectivity index (χ3v) is 4.41. The Morgan fingerprint density at radius 3 is 2.32 bits per heavy atom. The fourth-order valence-electron chi connectivity index (χ4n) is 3.41. The lowest BCUT2D eigenvalue weighted by atomic mass is 9.91. The predicted molar refractivity (Wildman–Crippen MR) is 80.7 cm³/mol. The summed E-state index contributed by atoms with van der Waals surface area (Å²) in [7, 11) is 1.75. The second-order valence-corrected chi connectivity index (χ2v) is 6.32. The van der Waals surface area contributed by atoms with Crippen LogP contribution >= 0.6 is 0 Å². The third kappa shape index (κ3) is 3.30. The maximum absolute atomic E-state index is 5.39. The number of likely N-dealkylation sites (tertiary alicyclic amines) is 1. The molecule has 0 saturated carbocycles. The zero-order valence-corrected chi connectivity index (χ0v) is 13.0. The van der Waals surface area contributed by atoms with Gasteiger partial charge in [0.2, 0.25) is 0 Å². The molecule has 0 unspecified atom stereocenters. The van der Waals surface area contributed by atoms with Gasteiger partial charge < -0.3 is 4.74 Å². The highest BCUT2D eigenvalue weighted by Gasteiger charge is 2.22. The molecule has 1 aliphatic rings. The van der Waals surface area contributed by atoms with E-state index >= 15 is 0 Å². The van der Waals surface area contributed by atoms with Crippen LogP contribution in [0.5, 0.6) is 5.75 Å². The van der Waals surface area contributed by atoms with Gasteiger partial charge in [0, 0.05) is 19.6 Å². The highest BCUT2D eigenvalue weighted by atomic mass is 16.5. The lowest BCUT2D eigenvalue weighted by Gasteiger charge is -2.35. The molecule has 2 rings (SSSR count). The molecule has 1 fully saturated rings. The number of rotatable bonds is 3. The normalized spacial score (nSPS) is 24.5. The number of hydrogen-bond acceptors (Lipinski definition) is 2. The molecule has 1 aromatic rings. The van der Waals surface area contributed by atoms with Crippen LogP contribution in [0.1, 0.15) is 37.0 Å². The molecule has 0 aromatic heterocycles. The monoisotopic (exact) mass is 261 g/mol. The Hall–Kier alpha value is -1.02. The van der Waals surface area contributed by atoms with Crippen LogP contribution in [0.15, 0.2) is 12.1 Å². The highest BCUT2D eigenvalue weighted by molar-refractivity contribution is 5.43. The van der Waals surface area contributed by atoms with E-state index in [4.69, 9.17) is 4.74 Å². The van der Waals surface area contributed by atoms with E-state index in [1.165, 1.54) is 36.2 Å². The van der Waals surface area contributed by atoms with Gasteiger partial charge in [-0.1, -0.05) is 19.9 Å². The first-order valence-corrected chi connectivity index (χ1v) is 7.36. The fourth-order valence-corrected chi connectivity index (χ4v) is 3.41. The summed E-state index contributed by atoms with van der Waals surface area (Å²) in [6.07, 6.45) is 1.37. The van der Waals surface area contributed by atoms with E-state index in [0.717, 1.165) is 24.1 Å².